The van der Waals surface area contributed by atoms with Gasteiger partial charge in [-0.25, -0.2) is 9.97 Å². The van der Waals surface area contributed by atoms with Crippen LogP contribution in [-0.4, -0.2) is 119 Å². The largest absolute Gasteiger partial charge is 0.466 e. The summed E-state index contributed by atoms with van der Waals surface area (Å²) in [6.45, 7) is 17.7. The second-order valence-corrected chi connectivity index (χ2v) is 18.2. The molecular formula is C52H67N5O12. The van der Waals surface area contributed by atoms with Gasteiger partial charge in [0.2, 0.25) is 5.91 Å². The molecule has 7 rings (SSSR count). The molecule has 4 N–H and O–H groups in total. The lowest BCUT2D eigenvalue weighted by molar-refractivity contribution is -0.265. The molecule has 8 bridgehead atoms. The smallest absolute Gasteiger partial charge is 0.306 e. The Labute approximate surface area is 402 Å². The molecule has 17 nitrogen and oxygen atoms in total. The van der Waals surface area contributed by atoms with Gasteiger partial charge in [-0.2, -0.15) is 0 Å². The zero-order chi connectivity index (χ0) is 49.7. The number of aliphatic hydroxyl groups excluding tert-OH is 1. The van der Waals surface area contributed by atoms with Gasteiger partial charge in [-0.15, -0.1) is 0 Å². The Morgan fingerprint density at radius 2 is 1.12 bits per heavy atom. The highest BCUT2D eigenvalue weighted by atomic mass is 16.8. The van der Waals surface area contributed by atoms with Crippen LogP contribution in [0.4, 0.5) is 0 Å². The number of H-pyrrole nitrogens is 2. The van der Waals surface area contributed by atoms with E-state index in [1.807, 2.05) is 52.0 Å². The molecule has 3 aromatic rings. The normalized spacial score (nSPS) is 20.8. The van der Waals surface area contributed by atoms with Gasteiger partial charge in [0.15, 0.2) is 12.1 Å². The van der Waals surface area contributed by atoms with Crippen LogP contribution in [0.1, 0.15) is 132 Å². The SMILES string of the molecule is CCOC(=O)CCC1=C(C)c2cc3[nH]c(cc4[nH]c(cc5nc(cc1n2)C(C)=C5CCC(=O)OCC)c(C)c4CCC(=O)NC[C@H]1O[C@H](OC)[C@H]2OC(C)(C)O[C@H]2[C@@H]1O)c(C)c3CCC(=O)OCC. The fraction of sp³-hybridized carbons (Fsp3) is 0.538. The minimum atomic E-state index is -1.07. The van der Waals surface area contributed by atoms with Crippen molar-refractivity contribution in [3.63, 3.8) is 0 Å². The van der Waals surface area contributed by atoms with Gasteiger partial charge in [-0.1, -0.05) is 0 Å². The fourth-order valence-corrected chi connectivity index (χ4v) is 9.61. The van der Waals surface area contributed by atoms with E-state index in [-0.39, 0.29) is 75.9 Å². The maximum Gasteiger partial charge on any atom is 0.306 e. The third-order valence-electron chi connectivity index (χ3n) is 13.2. The molecular weight excluding hydrogens is 887 g/mol. The number of carbonyl (C=O) groups is 4. The van der Waals surface area contributed by atoms with Crippen molar-refractivity contribution in [1.29, 1.82) is 0 Å². The van der Waals surface area contributed by atoms with Crippen molar-refractivity contribution < 1.29 is 57.4 Å². The molecule has 4 aliphatic rings. The number of hydrogen-bond donors (Lipinski definition) is 4. The average Bonchev–Trinajstić information content (AvgIpc) is 4.05. The molecule has 3 aromatic heterocycles. The van der Waals surface area contributed by atoms with Crippen LogP contribution in [0.5, 0.6) is 0 Å². The number of aromatic nitrogens is 4. The molecule has 0 saturated carbocycles. The Hall–Kier alpha value is -5.72. The summed E-state index contributed by atoms with van der Waals surface area (Å²) in [6.07, 6.45) is -1.85. The predicted molar refractivity (Wildman–Crippen MR) is 259 cm³/mol. The first-order valence-electron chi connectivity index (χ1n) is 24.0. The number of nitrogens with zero attached hydrogens (tertiary/aromatic N) is 2. The van der Waals surface area contributed by atoms with E-state index in [0.717, 1.165) is 66.6 Å². The average molecular weight is 954 g/mol. The summed E-state index contributed by atoms with van der Waals surface area (Å²) in [5, 5.41) is 14.2. The predicted octanol–water partition coefficient (Wildman–Crippen LogP) is 7.28. The van der Waals surface area contributed by atoms with Crippen LogP contribution in [-0.2, 0) is 65.2 Å². The number of rotatable bonds is 18. The molecule has 1 amide bonds. The number of fused-ring (bicyclic) bond motifs is 9. The number of methoxy groups -OCH3 is 1. The highest BCUT2D eigenvalue weighted by Crippen LogP contribution is 2.40. The molecule has 0 aromatic carbocycles. The maximum atomic E-state index is 13.7. The van der Waals surface area contributed by atoms with Crippen molar-refractivity contribution in [2.45, 2.75) is 150 Å². The zero-order valence-electron chi connectivity index (χ0n) is 41.5. The molecule has 7 heterocycles. The summed E-state index contributed by atoms with van der Waals surface area (Å²) < 4.78 is 39.5. The Kier molecular flexibility index (Phi) is 16.2. The lowest BCUT2D eigenvalue weighted by Crippen LogP contribution is -2.59. The van der Waals surface area contributed by atoms with Crippen molar-refractivity contribution in [2.75, 3.05) is 33.5 Å². The number of esters is 3. The Morgan fingerprint density at radius 3 is 1.67 bits per heavy atom. The zero-order valence-corrected chi connectivity index (χ0v) is 41.5. The maximum absolute atomic E-state index is 13.7. The van der Waals surface area contributed by atoms with Gasteiger partial charge in [0.1, 0.15) is 24.4 Å². The van der Waals surface area contributed by atoms with Crippen LogP contribution in [0.25, 0.3) is 44.4 Å². The van der Waals surface area contributed by atoms with Crippen molar-refractivity contribution in [1.82, 2.24) is 25.3 Å². The van der Waals surface area contributed by atoms with E-state index in [9.17, 15) is 24.3 Å². The first kappa shape index (κ1) is 51.1. The Morgan fingerprint density at radius 1 is 0.652 bits per heavy atom. The van der Waals surface area contributed by atoms with Crippen molar-refractivity contribution in [2.24, 2.45) is 0 Å². The third-order valence-corrected chi connectivity index (χ3v) is 13.2. The number of nitrogens with one attached hydrogen (secondary N) is 3. The molecule has 0 unspecified atom stereocenters. The number of ether oxygens (including phenoxy) is 7. The molecule has 0 radical (unpaired) electrons. The molecule has 5 atom stereocenters. The lowest BCUT2D eigenvalue weighted by atomic mass is 9.98. The monoisotopic (exact) mass is 953 g/mol. The van der Waals surface area contributed by atoms with E-state index in [4.69, 9.17) is 43.1 Å². The van der Waals surface area contributed by atoms with Gasteiger partial charge >= 0.3 is 17.9 Å². The molecule has 4 aliphatic heterocycles. The van der Waals surface area contributed by atoms with E-state index < -0.39 is 36.5 Å². The number of aliphatic hydroxyl groups is 1. The van der Waals surface area contributed by atoms with Gasteiger partial charge in [0.05, 0.1) is 42.6 Å². The summed E-state index contributed by atoms with van der Waals surface area (Å²) in [5.41, 5.74) is 13.0. The minimum absolute atomic E-state index is 0.0223. The highest BCUT2D eigenvalue weighted by Gasteiger charge is 2.55. The summed E-state index contributed by atoms with van der Waals surface area (Å²) in [6, 6.07) is 7.93. The summed E-state index contributed by atoms with van der Waals surface area (Å²) in [4.78, 5) is 69.4. The van der Waals surface area contributed by atoms with Crippen LogP contribution >= 0.6 is 0 Å². The van der Waals surface area contributed by atoms with Crippen LogP contribution in [0.15, 0.2) is 24.3 Å². The van der Waals surface area contributed by atoms with Gasteiger partial charge in [0.25, 0.3) is 0 Å². The molecule has 0 aliphatic carbocycles. The van der Waals surface area contributed by atoms with E-state index in [2.05, 4.69) is 15.3 Å². The molecule has 372 valence electrons. The van der Waals surface area contributed by atoms with Crippen LogP contribution < -0.4 is 5.32 Å². The van der Waals surface area contributed by atoms with Gasteiger partial charge < -0.3 is 53.5 Å². The molecule has 2 fully saturated rings. The van der Waals surface area contributed by atoms with Crippen molar-refractivity contribution in [3.05, 3.63) is 69.3 Å². The van der Waals surface area contributed by atoms with Crippen molar-refractivity contribution in [3.8, 4) is 0 Å². The molecule has 69 heavy (non-hydrogen) atoms. The molecule has 2 saturated heterocycles. The quantitative estimate of drug-likeness (QED) is 0.0727. The fourth-order valence-electron chi connectivity index (χ4n) is 9.61. The Bertz CT molecular complexity index is 2700. The first-order valence-corrected chi connectivity index (χ1v) is 24.0. The first-order chi connectivity index (χ1) is 32.9. The minimum Gasteiger partial charge on any atom is -0.466 e. The van der Waals surface area contributed by atoms with E-state index in [1.54, 1.807) is 34.6 Å². The summed E-state index contributed by atoms with van der Waals surface area (Å²) in [5.74, 6) is -2.10. The van der Waals surface area contributed by atoms with Gasteiger partial charge in [-0.05, 0) is 157 Å². The number of aryl methyl sites for hydroxylation is 4. The second kappa shape index (κ2) is 21.9. The number of carbonyl (C=O) groups excluding carboxylic acids is 4. The Balaban J connectivity index is 1.33. The topological polar surface area (TPSA) is 223 Å². The number of allylic oxidation sites excluding steroid dienone is 4. The summed E-state index contributed by atoms with van der Waals surface area (Å²) in [7, 11) is 1.50. The van der Waals surface area contributed by atoms with Gasteiger partial charge in [-0.3, -0.25) is 19.2 Å². The van der Waals surface area contributed by atoms with Crippen molar-refractivity contribution >= 4 is 68.2 Å². The number of amides is 1. The lowest BCUT2D eigenvalue weighted by Gasteiger charge is -2.39. The molecule has 17 heteroatoms. The van der Waals surface area contributed by atoms with E-state index >= 15 is 0 Å². The van der Waals surface area contributed by atoms with E-state index in [0.29, 0.717) is 48.5 Å². The van der Waals surface area contributed by atoms with Gasteiger partial charge in [0, 0.05) is 61.4 Å². The van der Waals surface area contributed by atoms with E-state index in [1.165, 1.54) is 7.11 Å². The van der Waals surface area contributed by atoms with Crippen LogP contribution in [0.3, 0.4) is 0 Å². The third kappa shape index (κ3) is 11.5. The highest BCUT2D eigenvalue weighted by molar-refractivity contribution is 5.96. The molecule has 0 spiro atoms. The number of aromatic amines is 2. The van der Waals surface area contributed by atoms with Crippen LogP contribution in [0.2, 0.25) is 0 Å². The van der Waals surface area contributed by atoms with Crippen LogP contribution in [0, 0.1) is 13.8 Å². The summed E-state index contributed by atoms with van der Waals surface area (Å²) >= 11 is 0. The standard InChI is InChI=1S/C52H67N5O12/c1-11-64-45(59)19-15-32-28(5)36-22-39-31(14-18-44(58)53-26-43-48(62)49-50(51(63-10)67-43)69-52(8,9)68-49)27(4)35(54-39)23-40-33(16-20-46(60)65-12-2)29(6)37(56-40)25-42-34(17-21-47(61)66-13-3)30(7)38(57-42)24-41(32)55-36/h22-25,43,48-51,54-55,62H,11-21,26H2,1-10H3,(H,53,58)/t43-,48-,49+,50+,51+/m1/s1. The number of hydrogen-bond acceptors (Lipinski definition) is 14. The second-order valence-electron chi connectivity index (χ2n) is 18.2.